The Balaban J connectivity index is 1.15. The lowest BCUT2D eigenvalue weighted by molar-refractivity contribution is 1.31. The van der Waals surface area contributed by atoms with Crippen molar-refractivity contribution in [3.63, 3.8) is 0 Å². The first kappa shape index (κ1) is 32.0. The zero-order valence-electron chi connectivity index (χ0n) is 29.8. The van der Waals surface area contributed by atoms with E-state index in [2.05, 4.69) is 205 Å². The molecule has 0 radical (unpaired) electrons. The van der Waals surface area contributed by atoms with Crippen molar-refractivity contribution in [2.45, 2.75) is 0 Å². The van der Waals surface area contributed by atoms with E-state index in [0.29, 0.717) is 0 Å². The summed E-state index contributed by atoms with van der Waals surface area (Å²) in [6, 6.07) is 73.4. The molecule has 0 N–H and O–H groups in total. The average Bonchev–Trinajstić information content (AvgIpc) is 3.83. The predicted molar refractivity (Wildman–Crippen MR) is 241 cm³/mol. The van der Waals surface area contributed by atoms with Gasteiger partial charge in [-0.3, -0.25) is 0 Å². The Labute approximate surface area is 327 Å². The molecule has 0 saturated carbocycles. The van der Waals surface area contributed by atoms with Gasteiger partial charge in [0.15, 0.2) is 0 Å². The molecule has 2 aromatic heterocycles. The molecule has 1 nitrogen and oxygen atoms in total. The summed E-state index contributed by atoms with van der Waals surface area (Å²) in [6.07, 6.45) is 0. The first-order valence-corrected chi connectivity index (χ1v) is 20.3. The van der Waals surface area contributed by atoms with Crippen LogP contribution in [-0.2, 0) is 0 Å². The van der Waals surface area contributed by atoms with Crippen LogP contribution in [0.15, 0.2) is 200 Å². The first-order valence-electron chi connectivity index (χ1n) is 18.7. The summed E-state index contributed by atoms with van der Waals surface area (Å²) in [6.45, 7) is 0. The molecular weight excluding hydrogens is 703 g/mol. The molecular formula is C52H33NS2. The lowest BCUT2D eigenvalue weighted by Gasteiger charge is -2.27. The Morgan fingerprint density at radius 3 is 1.69 bits per heavy atom. The number of fused-ring (bicyclic) bond motifs is 7. The van der Waals surface area contributed by atoms with Crippen molar-refractivity contribution in [2.75, 3.05) is 4.90 Å². The molecule has 0 saturated heterocycles. The van der Waals surface area contributed by atoms with Crippen LogP contribution >= 0.6 is 22.7 Å². The second kappa shape index (κ2) is 13.1. The Bertz CT molecular complexity index is 3190. The van der Waals surface area contributed by atoms with Gasteiger partial charge in [-0.05, 0) is 86.6 Å². The van der Waals surface area contributed by atoms with Gasteiger partial charge < -0.3 is 4.90 Å². The van der Waals surface area contributed by atoms with E-state index in [1.807, 2.05) is 22.7 Å². The van der Waals surface area contributed by atoms with Gasteiger partial charge in [-0.15, -0.1) is 22.7 Å². The molecule has 0 fully saturated rings. The third kappa shape index (κ3) is 5.35. The Kier molecular flexibility index (Phi) is 7.61. The van der Waals surface area contributed by atoms with Crippen LogP contribution in [0.25, 0.3) is 84.5 Å². The molecule has 2 heterocycles. The number of benzene rings is 9. The van der Waals surface area contributed by atoms with Crippen LogP contribution in [0.3, 0.4) is 0 Å². The molecule has 0 aliphatic heterocycles. The van der Waals surface area contributed by atoms with Gasteiger partial charge in [0, 0.05) is 51.7 Å². The van der Waals surface area contributed by atoms with Crippen molar-refractivity contribution < 1.29 is 0 Å². The molecule has 3 heteroatoms. The topological polar surface area (TPSA) is 3.24 Å². The summed E-state index contributed by atoms with van der Waals surface area (Å²) < 4.78 is 5.20. The number of anilines is 3. The summed E-state index contributed by atoms with van der Waals surface area (Å²) in [7, 11) is 0. The van der Waals surface area contributed by atoms with Gasteiger partial charge in [0.05, 0.1) is 5.69 Å². The van der Waals surface area contributed by atoms with Crippen LogP contribution in [0.1, 0.15) is 0 Å². The fourth-order valence-electron chi connectivity index (χ4n) is 8.34. The minimum absolute atomic E-state index is 1.12. The third-order valence-electron chi connectivity index (χ3n) is 10.9. The van der Waals surface area contributed by atoms with Gasteiger partial charge in [0.25, 0.3) is 0 Å². The number of hydrogen-bond acceptors (Lipinski definition) is 3. The van der Waals surface area contributed by atoms with Gasteiger partial charge >= 0.3 is 0 Å². The Morgan fingerprint density at radius 1 is 0.345 bits per heavy atom. The summed E-state index contributed by atoms with van der Waals surface area (Å²) in [5, 5.41) is 7.67. The highest BCUT2D eigenvalue weighted by Crippen LogP contribution is 2.49. The number of rotatable bonds is 6. The summed E-state index contributed by atoms with van der Waals surface area (Å²) in [5.41, 5.74) is 10.9. The van der Waals surface area contributed by atoms with Gasteiger partial charge in [0.1, 0.15) is 0 Å². The predicted octanol–water partition coefficient (Wildman–Crippen LogP) is 16.0. The second-order valence-corrected chi connectivity index (χ2v) is 16.2. The zero-order valence-corrected chi connectivity index (χ0v) is 31.4. The van der Waals surface area contributed by atoms with Gasteiger partial charge in [0.2, 0.25) is 0 Å². The van der Waals surface area contributed by atoms with E-state index >= 15 is 0 Å². The fraction of sp³-hybridized carbons (Fsp3) is 0. The van der Waals surface area contributed by atoms with Crippen molar-refractivity contribution in [3.05, 3.63) is 200 Å². The molecule has 9 aromatic carbocycles. The van der Waals surface area contributed by atoms with E-state index in [-0.39, 0.29) is 0 Å². The smallest absolute Gasteiger partial charge is 0.0555 e. The lowest BCUT2D eigenvalue weighted by Crippen LogP contribution is -2.10. The van der Waals surface area contributed by atoms with Crippen LogP contribution in [-0.4, -0.2) is 0 Å². The largest absolute Gasteiger partial charge is 0.310 e. The van der Waals surface area contributed by atoms with Crippen LogP contribution in [0, 0.1) is 0 Å². The Hall–Kier alpha value is -6.52. The summed E-state index contributed by atoms with van der Waals surface area (Å²) >= 11 is 3.75. The second-order valence-electron chi connectivity index (χ2n) is 14.0. The molecule has 55 heavy (non-hydrogen) atoms. The van der Waals surface area contributed by atoms with Crippen molar-refractivity contribution in [1.82, 2.24) is 0 Å². The van der Waals surface area contributed by atoms with Gasteiger partial charge in [-0.1, -0.05) is 158 Å². The number of thiophene rings is 2. The molecule has 0 aliphatic carbocycles. The minimum Gasteiger partial charge on any atom is -0.310 e. The first-order chi connectivity index (χ1) is 27.3. The molecule has 0 atom stereocenters. The van der Waals surface area contributed by atoms with E-state index in [4.69, 9.17) is 0 Å². The molecule has 0 aliphatic rings. The van der Waals surface area contributed by atoms with E-state index < -0.39 is 0 Å². The maximum Gasteiger partial charge on any atom is 0.0555 e. The van der Waals surface area contributed by atoms with Crippen molar-refractivity contribution >= 4 is 90.9 Å². The standard InChI is InChI=1S/C52H33NS2/c1-3-13-34(14-4-1)41-29-25-36-17-7-8-18-40(36)50(41)37-23-26-38(27-24-37)53(39-28-30-44-43-19-9-11-21-47(43)54-49(44)33-39)46-32-31-42(35-15-5-2-6-16-35)52-51(46)45-20-10-12-22-48(45)55-52/h1-33H. The van der Waals surface area contributed by atoms with E-state index in [1.165, 1.54) is 90.2 Å². The SMILES string of the molecule is c1ccc(-c2ccc3ccccc3c2-c2ccc(N(c3ccc4c(c3)sc3ccccc34)c3ccc(-c4ccccc4)c4sc5ccccc5c34)cc2)cc1. The van der Waals surface area contributed by atoms with E-state index in [0.717, 1.165) is 11.4 Å². The summed E-state index contributed by atoms with van der Waals surface area (Å²) in [4.78, 5) is 2.48. The monoisotopic (exact) mass is 735 g/mol. The Morgan fingerprint density at radius 2 is 0.927 bits per heavy atom. The van der Waals surface area contributed by atoms with E-state index in [1.54, 1.807) is 0 Å². The maximum atomic E-state index is 2.48. The molecule has 11 rings (SSSR count). The highest BCUT2D eigenvalue weighted by atomic mass is 32.1. The van der Waals surface area contributed by atoms with Crippen LogP contribution in [0.2, 0.25) is 0 Å². The van der Waals surface area contributed by atoms with Crippen LogP contribution < -0.4 is 4.90 Å². The van der Waals surface area contributed by atoms with Crippen molar-refractivity contribution in [2.24, 2.45) is 0 Å². The number of hydrogen-bond donors (Lipinski definition) is 0. The normalized spacial score (nSPS) is 11.6. The average molecular weight is 736 g/mol. The molecule has 0 bridgehead atoms. The molecule has 258 valence electrons. The summed E-state index contributed by atoms with van der Waals surface area (Å²) in [5.74, 6) is 0. The quantitative estimate of drug-likeness (QED) is 0.164. The lowest BCUT2D eigenvalue weighted by atomic mass is 9.89. The van der Waals surface area contributed by atoms with Crippen LogP contribution in [0.5, 0.6) is 0 Å². The fourth-order valence-corrected chi connectivity index (χ4v) is 10.7. The van der Waals surface area contributed by atoms with Gasteiger partial charge in [-0.2, -0.15) is 0 Å². The maximum absolute atomic E-state index is 2.48. The van der Waals surface area contributed by atoms with Crippen molar-refractivity contribution in [3.8, 4) is 33.4 Å². The van der Waals surface area contributed by atoms with Gasteiger partial charge in [-0.25, -0.2) is 0 Å². The highest BCUT2D eigenvalue weighted by Gasteiger charge is 2.22. The molecule has 0 amide bonds. The van der Waals surface area contributed by atoms with E-state index in [9.17, 15) is 0 Å². The zero-order chi connectivity index (χ0) is 36.3. The van der Waals surface area contributed by atoms with Crippen LogP contribution in [0.4, 0.5) is 17.1 Å². The minimum atomic E-state index is 1.12. The molecule has 0 spiro atoms. The third-order valence-corrected chi connectivity index (χ3v) is 13.2. The molecule has 0 unspecified atom stereocenters. The highest BCUT2D eigenvalue weighted by molar-refractivity contribution is 7.26. The number of nitrogens with zero attached hydrogens (tertiary/aromatic N) is 1. The van der Waals surface area contributed by atoms with Crippen molar-refractivity contribution in [1.29, 1.82) is 0 Å². The molecule has 11 aromatic rings.